The molecule has 15 heavy (non-hydrogen) atoms. The number of carboxylic acids is 1. The number of carboxylic acid groups (broad SMARTS) is 1. The summed E-state index contributed by atoms with van der Waals surface area (Å²) in [7, 11) is 0. The molecule has 0 saturated carbocycles. The summed E-state index contributed by atoms with van der Waals surface area (Å²) in [6.07, 6.45) is 0.963. The van der Waals surface area contributed by atoms with E-state index in [9.17, 15) is 9.59 Å². The summed E-state index contributed by atoms with van der Waals surface area (Å²) in [6.45, 7) is 1.58. The lowest BCUT2D eigenvalue weighted by Crippen LogP contribution is -2.24. The third-order valence-electron chi connectivity index (χ3n) is 1.96. The Labute approximate surface area is 82.5 Å². The molecule has 0 spiro atoms. The molecule has 0 radical (unpaired) electrons. The van der Waals surface area contributed by atoms with Crippen molar-refractivity contribution in [1.29, 1.82) is 0 Å². The summed E-state index contributed by atoms with van der Waals surface area (Å²) < 4.78 is 1.96. The van der Waals surface area contributed by atoms with Gasteiger partial charge in [-0.15, -0.1) is 5.10 Å². The molecule has 2 aromatic rings. The molecule has 0 aliphatic rings. The molecule has 0 amide bonds. The number of nitrogens with two attached hydrogens (primary N) is 1. The molecule has 0 fully saturated rings. The molecule has 8 heteroatoms. The zero-order chi connectivity index (χ0) is 11.2. The Hall–Kier alpha value is -2.38. The second kappa shape index (κ2) is 2.80. The van der Waals surface area contributed by atoms with Crippen LogP contribution in [0.5, 0.6) is 0 Å². The molecule has 78 valence electrons. The fourth-order valence-electron chi connectivity index (χ4n) is 1.18. The monoisotopic (exact) mass is 209 g/mol. The lowest BCUT2D eigenvalue weighted by atomic mass is 10.3. The normalized spacial score (nSPS) is 10.7. The van der Waals surface area contributed by atoms with Crippen molar-refractivity contribution in [3.05, 3.63) is 27.9 Å². The van der Waals surface area contributed by atoms with Gasteiger partial charge in [-0.2, -0.15) is 4.52 Å². The van der Waals surface area contributed by atoms with E-state index < -0.39 is 17.1 Å². The number of fused-ring (bicyclic) bond motifs is 1. The third kappa shape index (κ3) is 1.15. The van der Waals surface area contributed by atoms with E-state index in [4.69, 9.17) is 10.9 Å². The summed E-state index contributed by atoms with van der Waals surface area (Å²) in [5.74, 6) is 4.64. The number of aryl methyl sites for hydroxylation is 1. The zero-order valence-electron chi connectivity index (χ0n) is 7.71. The Morgan fingerprint density at radius 2 is 2.27 bits per heavy atom. The van der Waals surface area contributed by atoms with Gasteiger partial charge < -0.3 is 10.9 Å². The summed E-state index contributed by atoms with van der Waals surface area (Å²) in [6, 6.07) is 0. The van der Waals surface area contributed by atoms with E-state index in [1.165, 1.54) is 0 Å². The largest absolute Gasteiger partial charge is 0.477 e. The Morgan fingerprint density at radius 1 is 1.60 bits per heavy atom. The summed E-state index contributed by atoms with van der Waals surface area (Å²) in [5.41, 5.74) is -1.19. The van der Waals surface area contributed by atoms with Crippen LogP contribution < -0.4 is 11.4 Å². The van der Waals surface area contributed by atoms with Gasteiger partial charge in [-0.1, -0.05) is 0 Å². The number of hydrogen-bond donors (Lipinski definition) is 2. The van der Waals surface area contributed by atoms with Gasteiger partial charge in [0.25, 0.3) is 11.3 Å². The molecular formula is C7H7N5O3. The number of carbonyl (C=O) groups is 1. The van der Waals surface area contributed by atoms with Gasteiger partial charge >= 0.3 is 5.97 Å². The molecule has 2 rings (SSSR count). The van der Waals surface area contributed by atoms with Gasteiger partial charge in [0.15, 0.2) is 0 Å². The highest BCUT2D eigenvalue weighted by Crippen LogP contribution is 1.98. The molecule has 8 nitrogen and oxygen atoms in total. The van der Waals surface area contributed by atoms with Crippen LogP contribution in [0.2, 0.25) is 0 Å². The van der Waals surface area contributed by atoms with Crippen molar-refractivity contribution < 1.29 is 9.90 Å². The van der Waals surface area contributed by atoms with Crippen LogP contribution in [0.25, 0.3) is 5.78 Å². The maximum absolute atomic E-state index is 11.5. The number of hydrogen-bond acceptors (Lipinski definition) is 5. The van der Waals surface area contributed by atoms with Crippen molar-refractivity contribution in [2.24, 2.45) is 0 Å². The van der Waals surface area contributed by atoms with Crippen LogP contribution in [-0.2, 0) is 0 Å². The molecule has 3 N–H and O–H groups in total. The van der Waals surface area contributed by atoms with Gasteiger partial charge in [0.2, 0.25) is 0 Å². The van der Waals surface area contributed by atoms with Crippen molar-refractivity contribution >= 4 is 11.7 Å². The molecular weight excluding hydrogens is 202 g/mol. The Kier molecular flexibility index (Phi) is 1.72. The van der Waals surface area contributed by atoms with Crippen LogP contribution in [0.4, 0.5) is 0 Å². The van der Waals surface area contributed by atoms with Gasteiger partial charge in [-0.05, 0) is 6.92 Å². The minimum Gasteiger partial charge on any atom is -0.477 e. The van der Waals surface area contributed by atoms with E-state index >= 15 is 0 Å². The zero-order valence-corrected chi connectivity index (χ0v) is 7.71. The van der Waals surface area contributed by atoms with Crippen LogP contribution in [0.15, 0.2) is 11.0 Å². The Bertz CT molecular complexity index is 611. The third-order valence-corrected chi connectivity index (χ3v) is 1.96. The first-order valence-corrected chi connectivity index (χ1v) is 3.98. The molecule has 0 bridgehead atoms. The van der Waals surface area contributed by atoms with E-state index in [0.29, 0.717) is 5.82 Å². The standard InChI is InChI=1S/C7H7N5O3/c1-3-10-12-5(13)4(6(14)15)2-9-7(12)11(3)8/h2H,8H2,1H3,(H,14,15). The first kappa shape index (κ1) is 9.19. The second-order valence-corrected chi connectivity index (χ2v) is 2.91. The fourth-order valence-corrected chi connectivity index (χ4v) is 1.18. The minimum atomic E-state index is -1.34. The molecule has 0 aromatic carbocycles. The van der Waals surface area contributed by atoms with Gasteiger partial charge in [0, 0.05) is 0 Å². The predicted octanol–water partition coefficient (Wildman–Crippen LogP) is -1.39. The smallest absolute Gasteiger partial charge is 0.343 e. The second-order valence-electron chi connectivity index (χ2n) is 2.91. The van der Waals surface area contributed by atoms with E-state index in [-0.39, 0.29) is 5.78 Å². The molecule has 2 heterocycles. The van der Waals surface area contributed by atoms with E-state index in [1.807, 2.05) is 0 Å². The average Bonchev–Trinajstić information content (AvgIpc) is 2.45. The van der Waals surface area contributed by atoms with Crippen LogP contribution >= 0.6 is 0 Å². The molecule has 2 aromatic heterocycles. The average molecular weight is 209 g/mol. The van der Waals surface area contributed by atoms with Crippen LogP contribution in [-0.4, -0.2) is 30.3 Å². The summed E-state index contributed by atoms with van der Waals surface area (Å²) in [4.78, 5) is 25.9. The molecule has 0 aliphatic heterocycles. The van der Waals surface area contributed by atoms with Crippen LogP contribution in [0, 0.1) is 6.92 Å². The molecule has 0 atom stereocenters. The number of nitrogen functional groups attached to an aromatic ring is 1. The lowest BCUT2D eigenvalue weighted by Gasteiger charge is -1.95. The maximum Gasteiger partial charge on any atom is 0.343 e. The molecule has 0 unspecified atom stereocenters. The highest BCUT2D eigenvalue weighted by Gasteiger charge is 2.15. The first-order valence-electron chi connectivity index (χ1n) is 3.98. The van der Waals surface area contributed by atoms with Gasteiger partial charge in [-0.3, -0.25) is 4.79 Å². The van der Waals surface area contributed by atoms with Crippen molar-refractivity contribution in [1.82, 2.24) is 19.3 Å². The topological polar surface area (TPSA) is 116 Å². The highest BCUT2D eigenvalue weighted by atomic mass is 16.4. The highest BCUT2D eigenvalue weighted by molar-refractivity contribution is 5.86. The van der Waals surface area contributed by atoms with Gasteiger partial charge in [0.1, 0.15) is 11.4 Å². The van der Waals surface area contributed by atoms with Crippen molar-refractivity contribution in [2.45, 2.75) is 6.92 Å². The SMILES string of the molecule is Cc1nn2c(=O)c(C(=O)O)cnc2n1N. The first-order chi connectivity index (χ1) is 7.02. The minimum absolute atomic E-state index is 0.0995. The fraction of sp³-hybridized carbons (Fsp3) is 0.143. The number of rotatable bonds is 1. The quantitative estimate of drug-likeness (QED) is 0.558. The summed E-state index contributed by atoms with van der Waals surface area (Å²) >= 11 is 0. The lowest BCUT2D eigenvalue weighted by molar-refractivity contribution is 0.0694. The van der Waals surface area contributed by atoms with Gasteiger partial charge in [-0.25, -0.2) is 14.5 Å². The Morgan fingerprint density at radius 3 is 2.87 bits per heavy atom. The summed E-state index contributed by atoms with van der Waals surface area (Å²) in [5, 5.41) is 12.5. The van der Waals surface area contributed by atoms with Crippen LogP contribution in [0.1, 0.15) is 16.2 Å². The maximum atomic E-state index is 11.5. The Balaban J connectivity index is 2.92. The molecule has 0 aliphatic carbocycles. The van der Waals surface area contributed by atoms with E-state index in [2.05, 4.69) is 10.1 Å². The number of aromatic nitrogens is 4. The number of aromatic carboxylic acids is 1. The predicted molar refractivity (Wildman–Crippen MR) is 49.1 cm³/mol. The number of nitrogens with zero attached hydrogens (tertiary/aromatic N) is 4. The van der Waals surface area contributed by atoms with Crippen LogP contribution in [0.3, 0.4) is 0 Å². The molecule has 0 saturated heterocycles. The van der Waals surface area contributed by atoms with E-state index in [0.717, 1.165) is 15.4 Å². The van der Waals surface area contributed by atoms with Crippen molar-refractivity contribution in [3.63, 3.8) is 0 Å². The van der Waals surface area contributed by atoms with Gasteiger partial charge in [0.05, 0.1) is 6.20 Å². The van der Waals surface area contributed by atoms with Crippen molar-refractivity contribution in [3.8, 4) is 0 Å². The van der Waals surface area contributed by atoms with Crippen molar-refractivity contribution in [2.75, 3.05) is 5.84 Å². The van der Waals surface area contributed by atoms with E-state index in [1.54, 1.807) is 6.92 Å².